The number of ether oxygens (including phenoxy) is 1. The highest BCUT2D eigenvalue weighted by Gasteiger charge is 2.51. The van der Waals surface area contributed by atoms with Gasteiger partial charge in [-0.15, -0.1) is 11.3 Å². The molecular weight excluding hydrogens is 332 g/mol. The van der Waals surface area contributed by atoms with Crippen LogP contribution in [0.1, 0.15) is 54.6 Å². The van der Waals surface area contributed by atoms with E-state index in [2.05, 4.69) is 4.98 Å². The second-order valence-corrected chi connectivity index (χ2v) is 9.55. The normalized spacial score (nSPS) is 33.1. The first-order valence-corrected chi connectivity index (χ1v) is 10.1. The number of nitrogen functional groups attached to an aromatic ring is 1. The van der Waals surface area contributed by atoms with Crippen LogP contribution < -0.4 is 10.5 Å². The summed E-state index contributed by atoms with van der Waals surface area (Å²) >= 11 is 1.42. The van der Waals surface area contributed by atoms with Crippen molar-refractivity contribution in [2.24, 2.45) is 23.2 Å². The molecule has 4 fully saturated rings. The number of anilines is 1. The largest absolute Gasteiger partial charge is 0.496 e. The molecule has 2 aromatic rings. The fourth-order valence-corrected chi connectivity index (χ4v) is 7.34. The average molecular weight is 356 g/mol. The Morgan fingerprint density at radius 1 is 1.28 bits per heavy atom. The monoisotopic (exact) mass is 356 g/mol. The lowest BCUT2D eigenvalue weighted by molar-refractivity contribution is -0.0523. The third-order valence-electron chi connectivity index (χ3n) is 6.76. The lowest BCUT2D eigenvalue weighted by atomic mass is 9.48. The minimum atomic E-state index is 0.213. The molecule has 132 valence electrons. The van der Waals surface area contributed by atoms with Crippen molar-refractivity contribution in [2.75, 3.05) is 12.8 Å². The van der Waals surface area contributed by atoms with E-state index in [0.29, 0.717) is 22.7 Å². The van der Waals surface area contributed by atoms with E-state index in [4.69, 9.17) is 10.5 Å². The van der Waals surface area contributed by atoms with E-state index < -0.39 is 0 Å². The highest BCUT2D eigenvalue weighted by Crippen LogP contribution is 2.61. The number of carbonyl (C=O) groups excluding carboxylic acids is 1. The number of nitrogens with two attached hydrogens (primary N) is 1. The Morgan fingerprint density at radius 2 is 1.92 bits per heavy atom. The van der Waals surface area contributed by atoms with Crippen LogP contribution in [0, 0.1) is 23.2 Å². The van der Waals surface area contributed by atoms with Crippen molar-refractivity contribution in [1.82, 2.24) is 4.98 Å². The summed E-state index contributed by atoms with van der Waals surface area (Å²) in [5.41, 5.74) is 7.15. The molecule has 4 nitrogen and oxygen atoms in total. The zero-order valence-electron chi connectivity index (χ0n) is 14.6. The minimum absolute atomic E-state index is 0.213. The predicted octanol–water partition coefficient (Wildman–Crippen LogP) is 4.68. The van der Waals surface area contributed by atoms with Gasteiger partial charge in [-0.25, -0.2) is 4.98 Å². The van der Waals surface area contributed by atoms with Crippen LogP contribution in [-0.2, 0) is 0 Å². The van der Waals surface area contributed by atoms with E-state index in [1.807, 2.05) is 0 Å². The van der Waals surface area contributed by atoms with E-state index in [9.17, 15) is 4.79 Å². The summed E-state index contributed by atoms with van der Waals surface area (Å²) in [4.78, 5) is 19.0. The van der Waals surface area contributed by atoms with Crippen LogP contribution in [0.15, 0.2) is 12.3 Å². The summed E-state index contributed by atoms with van der Waals surface area (Å²) < 4.78 is 5.41. The third-order valence-corrected chi connectivity index (χ3v) is 7.92. The predicted molar refractivity (Wildman–Crippen MR) is 100 cm³/mol. The lowest BCUT2D eigenvalue weighted by Gasteiger charge is -2.56. The molecule has 0 atom stereocenters. The zero-order chi connectivity index (χ0) is 17.2. The molecule has 5 heteroatoms. The van der Waals surface area contributed by atoms with Crippen LogP contribution in [0.3, 0.4) is 0 Å². The molecule has 4 saturated carbocycles. The second-order valence-electron chi connectivity index (χ2n) is 8.56. The molecule has 25 heavy (non-hydrogen) atoms. The Balaban J connectivity index is 1.47. The van der Waals surface area contributed by atoms with Crippen molar-refractivity contribution in [2.45, 2.75) is 44.9 Å². The topological polar surface area (TPSA) is 65.2 Å². The minimum Gasteiger partial charge on any atom is -0.496 e. The van der Waals surface area contributed by atoms with Gasteiger partial charge in [0.25, 0.3) is 0 Å². The summed E-state index contributed by atoms with van der Waals surface area (Å²) in [5.74, 6) is 3.50. The fourth-order valence-electron chi connectivity index (χ4n) is 6.32. The Kier molecular flexibility index (Phi) is 3.40. The van der Waals surface area contributed by atoms with Gasteiger partial charge >= 0.3 is 0 Å². The summed E-state index contributed by atoms with van der Waals surface area (Å²) in [6.45, 7) is 0. The second kappa shape index (κ2) is 5.44. The number of pyridine rings is 1. The van der Waals surface area contributed by atoms with Crippen LogP contribution in [0.5, 0.6) is 5.75 Å². The molecule has 0 radical (unpaired) electrons. The van der Waals surface area contributed by atoms with Gasteiger partial charge in [-0.05, 0) is 67.8 Å². The number of methoxy groups -OCH3 is 1. The van der Waals surface area contributed by atoms with Gasteiger partial charge in [-0.2, -0.15) is 0 Å². The number of thiophene rings is 1. The molecule has 6 rings (SSSR count). The molecule has 4 bridgehead atoms. The van der Waals surface area contributed by atoms with Crippen LogP contribution in [-0.4, -0.2) is 17.9 Å². The van der Waals surface area contributed by atoms with Gasteiger partial charge in [0.1, 0.15) is 10.6 Å². The Hall–Kier alpha value is -1.62. The van der Waals surface area contributed by atoms with E-state index in [-0.39, 0.29) is 11.2 Å². The molecule has 0 amide bonds. The highest BCUT2D eigenvalue weighted by molar-refractivity contribution is 7.21. The number of carbonyl (C=O) groups is 1. The number of Topliss-reactive ketones (excluding diaryl/α,β-unsaturated/α-hetero) is 1. The quantitative estimate of drug-likeness (QED) is 0.808. The van der Waals surface area contributed by atoms with Crippen LogP contribution in [0.4, 0.5) is 5.69 Å². The number of nitrogens with zero attached hydrogens (tertiary/aromatic N) is 1. The van der Waals surface area contributed by atoms with Crippen molar-refractivity contribution >= 4 is 33.0 Å². The first-order valence-electron chi connectivity index (χ1n) is 9.31. The molecule has 0 unspecified atom stereocenters. The van der Waals surface area contributed by atoms with Crippen LogP contribution >= 0.6 is 11.3 Å². The molecule has 0 spiro atoms. The molecule has 0 aliphatic heterocycles. The van der Waals surface area contributed by atoms with Gasteiger partial charge in [0.05, 0.1) is 23.1 Å². The molecule has 2 heterocycles. The zero-order valence-corrected chi connectivity index (χ0v) is 15.4. The van der Waals surface area contributed by atoms with Crippen molar-refractivity contribution < 1.29 is 9.53 Å². The van der Waals surface area contributed by atoms with Crippen molar-refractivity contribution in [1.29, 1.82) is 0 Å². The molecule has 4 aliphatic carbocycles. The van der Waals surface area contributed by atoms with E-state index >= 15 is 0 Å². The summed E-state index contributed by atoms with van der Waals surface area (Å²) in [6, 6.07) is 1.80. The van der Waals surface area contributed by atoms with Crippen molar-refractivity contribution in [3.63, 3.8) is 0 Å². The number of ketones is 1. The fraction of sp³-hybridized carbons (Fsp3) is 0.600. The molecule has 0 aromatic carbocycles. The van der Waals surface area contributed by atoms with E-state index in [0.717, 1.165) is 28.0 Å². The van der Waals surface area contributed by atoms with Gasteiger partial charge in [0, 0.05) is 12.6 Å². The van der Waals surface area contributed by atoms with Gasteiger partial charge < -0.3 is 10.5 Å². The van der Waals surface area contributed by atoms with E-state index in [1.165, 1.54) is 49.9 Å². The molecular formula is C20H24N2O2S. The SMILES string of the molecule is COc1ccnc2sc(C(=O)CC34CC5CC(CC(C5)C3)C4)c(N)c12. The Morgan fingerprint density at radius 3 is 2.52 bits per heavy atom. The Labute approximate surface area is 151 Å². The van der Waals surface area contributed by atoms with E-state index in [1.54, 1.807) is 19.4 Å². The average Bonchev–Trinajstić information content (AvgIpc) is 2.90. The van der Waals surface area contributed by atoms with Gasteiger partial charge in [0.2, 0.25) is 0 Å². The maximum atomic E-state index is 13.2. The first-order chi connectivity index (χ1) is 12.1. The molecule has 2 N–H and O–H groups in total. The maximum absolute atomic E-state index is 13.2. The lowest BCUT2D eigenvalue weighted by Crippen LogP contribution is -2.46. The smallest absolute Gasteiger partial charge is 0.175 e. The van der Waals surface area contributed by atoms with Gasteiger partial charge in [-0.1, -0.05) is 0 Å². The number of fused-ring (bicyclic) bond motifs is 1. The van der Waals surface area contributed by atoms with Crippen molar-refractivity contribution in [3.8, 4) is 5.75 Å². The number of hydrogen-bond acceptors (Lipinski definition) is 5. The first kappa shape index (κ1) is 15.6. The van der Waals surface area contributed by atoms with Crippen LogP contribution in [0.25, 0.3) is 10.2 Å². The molecule has 2 aromatic heterocycles. The Bertz CT molecular complexity index is 821. The standard InChI is InChI=1S/C20H24N2O2S/c1-24-15-2-3-22-19-16(15)17(21)18(25-19)14(23)10-20-7-11-4-12(8-20)6-13(5-11)9-20/h2-3,11-13H,4-10,21H2,1H3. The molecule has 4 aliphatic rings. The summed E-state index contributed by atoms with van der Waals surface area (Å²) in [7, 11) is 1.63. The molecule has 0 saturated heterocycles. The van der Waals surface area contributed by atoms with Crippen molar-refractivity contribution in [3.05, 3.63) is 17.1 Å². The summed E-state index contributed by atoms with van der Waals surface area (Å²) in [6.07, 6.45) is 10.3. The van der Waals surface area contributed by atoms with Crippen LogP contribution in [0.2, 0.25) is 0 Å². The maximum Gasteiger partial charge on any atom is 0.175 e. The number of hydrogen-bond donors (Lipinski definition) is 1. The van der Waals surface area contributed by atoms with Gasteiger partial charge in [0.15, 0.2) is 5.78 Å². The third kappa shape index (κ3) is 2.39. The summed E-state index contributed by atoms with van der Waals surface area (Å²) in [5, 5.41) is 0.795. The number of aromatic nitrogens is 1. The highest BCUT2D eigenvalue weighted by atomic mass is 32.1. The van der Waals surface area contributed by atoms with Gasteiger partial charge in [-0.3, -0.25) is 4.79 Å². The number of rotatable bonds is 4.